The van der Waals surface area contributed by atoms with Gasteiger partial charge in [-0.3, -0.25) is 18.8 Å². The summed E-state index contributed by atoms with van der Waals surface area (Å²) in [4.78, 5) is 39.8. The SMILES string of the molecule is CC[C@H](C)[C@@H](Nc1ccc2c(cc1=O)[C@H](NC(C)=O)CCc1cc(OC)c(OC)c(OC)c1-2)C(=O)NCc1nnc2ccccn12. The van der Waals surface area contributed by atoms with Crippen LogP contribution in [0.1, 0.15) is 56.6 Å². The molecule has 4 aromatic rings. The number of benzene rings is 1. The summed E-state index contributed by atoms with van der Waals surface area (Å²) in [7, 11) is 4.66. The molecule has 0 aliphatic heterocycles. The van der Waals surface area contributed by atoms with Gasteiger partial charge in [-0.15, -0.1) is 10.2 Å². The molecule has 2 aromatic carbocycles. The molecule has 2 amide bonds. The van der Waals surface area contributed by atoms with E-state index in [-0.39, 0.29) is 35.4 Å². The number of hydrogen-bond acceptors (Lipinski definition) is 9. The van der Waals surface area contributed by atoms with Gasteiger partial charge < -0.3 is 30.2 Å². The van der Waals surface area contributed by atoms with E-state index in [1.165, 1.54) is 13.0 Å². The predicted molar refractivity (Wildman–Crippen MR) is 174 cm³/mol. The van der Waals surface area contributed by atoms with Crippen molar-refractivity contribution in [2.45, 2.75) is 58.7 Å². The molecular formula is C34H40N6O6. The minimum absolute atomic E-state index is 0.109. The molecule has 0 radical (unpaired) electrons. The molecule has 3 atom stereocenters. The lowest BCUT2D eigenvalue weighted by molar-refractivity contribution is -0.123. The normalized spacial score (nSPS) is 15.0. The summed E-state index contributed by atoms with van der Waals surface area (Å²) in [6.07, 6.45) is 3.66. The molecule has 0 spiro atoms. The van der Waals surface area contributed by atoms with E-state index in [1.54, 1.807) is 27.4 Å². The lowest BCUT2D eigenvalue weighted by atomic mass is 9.95. The van der Waals surface area contributed by atoms with Gasteiger partial charge in [0, 0.05) is 18.7 Å². The van der Waals surface area contributed by atoms with Crippen molar-refractivity contribution in [1.29, 1.82) is 0 Å². The Bertz CT molecular complexity index is 1820. The Balaban J connectivity index is 1.56. The summed E-state index contributed by atoms with van der Waals surface area (Å²) in [6, 6.07) is 11.4. The van der Waals surface area contributed by atoms with Crippen LogP contribution < -0.4 is 35.6 Å². The molecule has 242 valence electrons. The third-order valence-corrected chi connectivity index (χ3v) is 8.53. The van der Waals surface area contributed by atoms with Crippen LogP contribution in [0, 0.1) is 5.92 Å². The standard InChI is InChI=1S/C34H40N6O6/c1-7-19(2)31(34(43)35-18-29-39-38-28-10-8-9-15-40(28)29)37-25-14-12-22-23(17-26(25)42)24(36-20(3)41)13-11-21-16-27(44-4)32(45-5)33(46-6)30(21)22/h8-10,12,14-17,19,24,31H,7,11,13,18H2,1-6H3,(H,35,43)(H,36,41)(H,37,42)/t19-,24+,31+/m0/s1. The smallest absolute Gasteiger partial charge is 0.243 e. The molecule has 12 heteroatoms. The lowest BCUT2D eigenvalue weighted by Crippen LogP contribution is -2.44. The Hall–Kier alpha value is -5.13. The van der Waals surface area contributed by atoms with Crippen LogP contribution in [-0.4, -0.2) is 53.8 Å². The van der Waals surface area contributed by atoms with Crippen molar-refractivity contribution in [3.8, 4) is 28.4 Å². The van der Waals surface area contributed by atoms with E-state index >= 15 is 0 Å². The number of pyridine rings is 1. The Morgan fingerprint density at radius 3 is 2.52 bits per heavy atom. The van der Waals surface area contributed by atoms with Crippen molar-refractivity contribution in [1.82, 2.24) is 25.2 Å². The fourth-order valence-corrected chi connectivity index (χ4v) is 5.98. The molecular weight excluding hydrogens is 588 g/mol. The second kappa shape index (κ2) is 13.9. The minimum atomic E-state index is -0.712. The zero-order valence-corrected chi connectivity index (χ0v) is 27.0. The molecule has 1 aliphatic rings. The third kappa shape index (κ3) is 6.33. The average molecular weight is 629 g/mol. The molecule has 2 heterocycles. The quantitative estimate of drug-likeness (QED) is 0.224. The van der Waals surface area contributed by atoms with Gasteiger partial charge in [0.2, 0.25) is 23.0 Å². The van der Waals surface area contributed by atoms with Crippen LogP contribution in [0.5, 0.6) is 17.2 Å². The van der Waals surface area contributed by atoms with Gasteiger partial charge in [-0.25, -0.2) is 0 Å². The predicted octanol–water partition coefficient (Wildman–Crippen LogP) is 4.05. The van der Waals surface area contributed by atoms with Gasteiger partial charge in [0.15, 0.2) is 23.0 Å². The van der Waals surface area contributed by atoms with Crippen molar-refractivity contribution in [3.63, 3.8) is 0 Å². The number of carbonyl (C=O) groups excluding carboxylic acids is 2. The van der Waals surface area contributed by atoms with E-state index in [9.17, 15) is 14.4 Å². The van der Waals surface area contributed by atoms with Crippen molar-refractivity contribution in [2.24, 2.45) is 5.92 Å². The number of anilines is 1. The first-order valence-electron chi connectivity index (χ1n) is 15.3. The Morgan fingerprint density at radius 2 is 1.83 bits per heavy atom. The molecule has 1 aliphatic carbocycles. The fourth-order valence-electron chi connectivity index (χ4n) is 5.98. The van der Waals surface area contributed by atoms with Crippen LogP contribution in [0.3, 0.4) is 0 Å². The Labute approximate surface area is 267 Å². The van der Waals surface area contributed by atoms with Crippen LogP contribution in [0.25, 0.3) is 16.8 Å². The molecule has 46 heavy (non-hydrogen) atoms. The van der Waals surface area contributed by atoms with E-state index in [4.69, 9.17) is 14.2 Å². The lowest BCUT2D eigenvalue weighted by Gasteiger charge is -2.24. The number of ether oxygens (including phenoxy) is 3. The zero-order chi connectivity index (χ0) is 33.0. The summed E-state index contributed by atoms with van der Waals surface area (Å²) >= 11 is 0. The minimum Gasteiger partial charge on any atom is -0.493 e. The highest BCUT2D eigenvalue weighted by Crippen LogP contribution is 2.50. The van der Waals surface area contributed by atoms with Gasteiger partial charge in [-0.05, 0) is 65.8 Å². The number of aryl methyl sites for hydroxylation is 1. The number of carbonyl (C=O) groups is 2. The number of rotatable bonds is 11. The van der Waals surface area contributed by atoms with E-state index in [2.05, 4.69) is 26.1 Å². The largest absolute Gasteiger partial charge is 0.493 e. The first kappa shape index (κ1) is 32.3. The maximum atomic E-state index is 13.9. The molecule has 5 rings (SSSR count). The number of hydrogen-bond donors (Lipinski definition) is 3. The highest BCUT2D eigenvalue weighted by atomic mass is 16.5. The molecule has 0 fully saturated rings. The number of nitrogens with zero attached hydrogens (tertiary/aromatic N) is 3. The van der Waals surface area contributed by atoms with Crippen LogP contribution in [0.4, 0.5) is 5.69 Å². The van der Waals surface area contributed by atoms with Crippen molar-refractivity contribution in [2.75, 3.05) is 26.6 Å². The van der Waals surface area contributed by atoms with Crippen molar-refractivity contribution in [3.05, 3.63) is 75.8 Å². The second-order valence-corrected chi connectivity index (χ2v) is 11.4. The van der Waals surface area contributed by atoms with Crippen molar-refractivity contribution >= 4 is 23.1 Å². The highest BCUT2D eigenvalue weighted by molar-refractivity contribution is 5.86. The molecule has 12 nitrogen and oxygen atoms in total. The van der Waals surface area contributed by atoms with Gasteiger partial charge in [-0.2, -0.15) is 0 Å². The van der Waals surface area contributed by atoms with Gasteiger partial charge >= 0.3 is 0 Å². The van der Waals surface area contributed by atoms with Crippen LogP contribution in [-0.2, 0) is 22.6 Å². The molecule has 0 bridgehead atoms. The molecule has 3 N–H and O–H groups in total. The fraction of sp³-hybridized carbons (Fsp3) is 0.382. The highest BCUT2D eigenvalue weighted by Gasteiger charge is 2.30. The van der Waals surface area contributed by atoms with Gasteiger partial charge in [0.25, 0.3) is 0 Å². The molecule has 0 unspecified atom stereocenters. The summed E-state index contributed by atoms with van der Waals surface area (Å²) in [6.45, 7) is 5.57. The first-order valence-corrected chi connectivity index (χ1v) is 15.3. The van der Waals surface area contributed by atoms with Crippen LogP contribution in [0.15, 0.2) is 53.5 Å². The number of nitrogens with one attached hydrogen (secondary N) is 3. The summed E-state index contributed by atoms with van der Waals surface area (Å²) < 4.78 is 19.0. The Morgan fingerprint density at radius 1 is 1.04 bits per heavy atom. The maximum Gasteiger partial charge on any atom is 0.243 e. The van der Waals surface area contributed by atoms with Crippen molar-refractivity contribution < 1.29 is 23.8 Å². The van der Waals surface area contributed by atoms with E-state index < -0.39 is 12.1 Å². The zero-order valence-electron chi connectivity index (χ0n) is 27.0. The molecule has 2 aromatic heterocycles. The van der Waals surface area contributed by atoms with E-state index in [0.717, 1.165) is 11.1 Å². The molecule has 0 saturated heterocycles. The number of aromatic nitrogens is 3. The molecule has 0 saturated carbocycles. The maximum absolute atomic E-state index is 13.9. The van der Waals surface area contributed by atoms with E-state index in [0.29, 0.717) is 59.1 Å². The summed E-state index contributed by atoms with van der Waals surface area (Å²) in [5.41, 5.74) is 3.64. The Kier molecular flexibility index (Phi) is 9.74. The number of amides is 2. The van der Waals surface area contributed by atoms with Gasteiger partial charge in [0.1, 0.15) is 6.04 Å². The van der Waals surface area contributed by atoms with Gasteiger partial charge in [0.05, 0.1) is 39.6 Å². The first-order chi connectivity index (χ1) is 22.2. The van der Waals surface area contributed by atoms with Crippen LogP contribution in [0.2, 0.25) is 0 Å². The topological polar surface area (TPSA) is 145 Å². The summed E-state index contributed by atoms with van der Waals surface area (Å²) in [5, 5.41) is 17.6. The second-order valence-electron chi connectivity index (χ2n) is 11.4. The van der Waals surface area contributed by atoms with E-state index in [1.807, 2.05) is 54.8 Å². The summed E-state index contributed by atoms with van der Waals surface area (Å²) in [5.74, 6) is 1.41. The third-order valence-electron chi connectivity index (χ3n) is 8.53. The van der Waals surface area contributed by atoms with Crippen LogP contribution >= 0.6 is 0 Å². The number of fused-ring (bicyclic) bond motifs is 4. The monoisotopic (exact) mass is 628 g/mol. The van der Waals surface area contributed by atoms with Gasteiger partial charge in [-0.1, -0.05) is 32.4 Å². The average Bonchev–Trinajstić information content (AvgIpc) is 3.33. The number of methoxy groups -OCH3 is 3.